The van der Waals surface area contributed by atoms with Gasteiger partial charge in [-0.15, -0.1) is 0 Å². The van der Waals surface area contributed by atoms with Gasteiger partial charge in [0.15, 0.2) is 17.4 Å². The molecule has 1 aromatic carbocycles. The Hall–Kier alpha value is -2.31. The van der Waals surface area contributed by atoms with Crippen LogP contribution in [0.3, 0.4) is 0 Å². The van der Waals surface area contributed by atoms with Crippen molar-refractivity contribution in [2.45, 2.75) is 25.7 Å². The van der Waals surface area contributed by atoms with E-state index in [1.807, 2.05) is 0 Å². The summed E-state index contributed by atoms with van der Waals surface area (Å²) >= 11 is 0. The molecule has 0 saturated heterocycles. The Balaban J connectivity index is 2.24. The van der Waals surface area contributed by atoms with E-state index in [4.69, 9.17) is 15.7 Å². The van der Waals surface area contributed by atoms with Crippen molar-refractivity contribution in [2.75, 3.05) is 12.4 Å². The minimum absolute atomic E-state index is 0.0390. The van der Waals surface area contributed by atoms with Crippen LogP contribution in [-0.2, 0) is 4.79 Å². The predicted octanol–water partition coefficient (Wildman–Crippen LogP) is 2.08. The molecule has 114 valence electrons. The summed E-state index contributed by atoms with van der Waals surface area (Å²) < 4.78 is 18.2. The maximum Gasteiger partial charge on any atom is 0.238 e. The van der Waals surface area contributed by atoms with Gasteiger partial charge in [-0.05, 0) is 25.0 Å². The zero-order valence-electron chi connectivity index (χ0n) is 11.7. The fourth-order valence-corrected chi connectivity index (χ4v) is 2.66. The summed E-state index contributed by atoms with van der Waals surface area (Å²) in [5, 5.41) is 14.6. The maximum atomic E-state index is 13.4. The largest absolute Gasteiger partial charge is 0.494 e. The summed E-state index contributed by atoms with van der Waals surface area (Å²) in [5.41, 5.74) is 5.10. The van der Waals surface area contributed by atoms with E-state index in [0.717, 1.165) is 12.8 Å². The molecule has 4 N–H and O–H groups in total. The number of amidine groups is 1. The second-order valence-corrected chi connectivity index (χ2v) is 5.08. The minimum atomic E-state index is -1.00. The van der Waals surface area contributed by atoms with Gasteiger partial charge >= 0.3 is 0 Å². The quantitative estimate of drug-likeness (QED) is 0.343. The SMILES string of the molecule is COc1cc(NC(=O)C2(/C(N)=N/O)CCCC2)ccc1F. The molecule has 0 radical (unpaired) electrons. The lowest BCUT2D eigenvalue weighted by atomic mass is 9.83. The molecule has 1 aliphatic rings. The highest BCUT2D eigenvalue weighted by Gasteiger charge is 2.45. The van der Waals surface area contributed by atoms with Crippen LogP contribution in [0.4, 0.5) is 10.1 Å². The van der Waals surface area contributed by atoms with E-state index in [1.165, 1.54) is 25.3 Å². The summed E-state index contributed by atoms with van der Waals surface area (Å²) in [7, 11) is 1.35. The number of oxime groups is 1. The summed E-state index contributed by atoms with van der Waals surface area (Å²) in [6.45, 7) is 0. The van der Waals surface area contributed by atoms with Gasteiger partial charge in [0, 0.05) is 11.8 Å². The number of nitrogens with two attached hydrogens (primary N) is 1. The van der Waals surface area contributed by atoms with Crippen molar-refractivity contribution in [2.24, 2.45) is 16.3 Å². The molecular weight excluding hydrogens is 277 g/mol. The van der Waals surface area contributed by atoms with Gasteiger partial charge in [-0.25, -0.2) is 4.39 Å². The fourth-order valence-electron chi connectivity index (χ4n) is 2.66. The monoisotopic (exact) mass is 295 g/mol. The van der Waals surface area contributed by atoms with Crippen LogP contribution in [0, 0.1) is 11.2 Å². The van der Waals surface area contributed by atoms with E-state index in [2.05, 4.69) is 10.5 Å². The molecule has 0 bridgehead atoms. The molecule has 1 aliphatic carbocycles. The number of rotatable bonds is 4. The molecule has 1 saturated carbocycles. The van der Waals surface area contributed by atoms with Crippen molar-refractivity contribution in [1.82, 2.24) is 0 Å². The summed E-state index contributed by atoms with van der Waals surface area (Å²) in [6.07, 6.45) is 2.70. The van der Waals surface area contributed by atoms with Crippen LogP contribution >= 0.6 is 0 Å². The Morgan fingerprint density at radius 1 is 1.48 bits per heavy atom. The number of methoxy groups -OCH3 is 1. The molecule has 6 nitrogen and oxygen atoms in total. The number of benzene rings is 1. The lowest BCUT2D eigenvalue weighted by molar-refractivity contribution is -0.122. The van der Waals surface area contributed by atoms with E-state index in [9.17, 15) is 9.18 Å². The van der Waals surface area contributed by atoms with Gasteiger partial charge in [-0.1, -0.05) is 18.0 Å². The van der Waals surface area contributed by atoms with Crippen LogP contribution in [-0.4, -0.2) is 24.1 Å². The maximum absolute atomic E-state index is 13.4. The Morgan fingerprint density at radius 2 is 2.14 bits per heavy atom. The number of amides is 1. The molecule has 1 fully saturated rings. The first-order valence-electron chi connectivity index (χ1n) is 6.66. The van der Waals surface area contributed by atoms with E-state index in [1.54, 1.807) is 0 Å². The van der Waals surface area contributed by atoms with Crippen molar-refractivity contribution in [3.05, 3.63) is 24.0 Å². The standard InChI is InChI=1S/C14H18FN3O3/c1-21-11-8-9(4-5-10(11)15)17-13(19)14(12(16)18-20)6-2-3-7-14/h4-5,8,20H,2-3,6-7H2,1H3,(H2,16,18)(H,17,19). The third-order valence-corrected chi connectivity index (χ3v) is 3.90. The van der Waals surface area contributed by atoms with Crippen molar-refractivity contribution >= 4 is 17.4 Å². The Labute approximate surface area is 121 Å². The highest BCUT2D eigenvalue weighted by Crippen LogP contribution is 2.39. The molecule has 0 aliphatic heterocycles. The number of hydrogen-bond acceptors (Lipinski definition) is 4. The average molecular weight is 295 g/mol. The van der Waals surface area contributed by atoms with Crippen LogP contribution in [0.15, 0.2) is 23.4 Å². The molecule has 0 spiro atoms. The molecule has 21 heavy (non-hydrogen) atoms. The van der Waals surface area contributed by atoms with Gasteiger partial charge in [-0.3, -0.25) is 4.79 Å². The van der Waals surface area contributed by atoms with Crippen LogP contribution < -0.4 is 15.8 Å². The topological polar surface area (TPSA) is 96.9 Å². The average Bonchev–Trinajstić information content (AvgIpc) is 2.99. The minimum Gasteiger partial charge on any atom is -0.494 e. The highest BCUT2D eigenvalue weighted by atomic mass is 19.1. The molecule has 1 aromatic rings. The first kappa shape index (κ1) is 15.1. The number of anilines is 1. The lowest BCUT2D eigenvalue weighted by Crippen LogP contribution is -2.45. The van der Waals surface area contributed by atoms with E-state index >= 15 is 0 Å². The van der Waals surface area contributed by atoms with Crippen molar-refractivity contribution in [1.29, 1.82) is 0 Å². The zero-order chi connectivity index (χ0) is 15.5. The van der Waals surface area contributed by atoms with E-state index in [-0.39, 0.29) is 17.5 Å². The van der Waals surface area contributed by atoms with Crippen LogP contribution in [0.1, 0.15) is 25.7 Å². The predicted molar refractivity (Wildman–Crippen MR) is 75.9 cm³/mol. The lowest BCUT2D eigenvalue weighted by Gasteiger charge is -2.26. The fraction of sp³-hybridized carbons (Fsp3) is 0.429. The van der Waals surface area contributed by atoms with Crippen LogP contribution in [0.25, 0.3) is 0 Å². The molecule has 0 unspecified atom stereocenters. The van der Waals surface area contributed by atoms with Gasteiger partial charge in [0.25, 0.3) is 0 Å². The van der Waals surface area contributed by atoms with Crippen molar-refractivity contribution in [3.8, 4) is 5.75 Å². The first-order chi connectivity index (χ1) is 10.0. The van der Waals surface area contributed by atoms with E-state index in [0.29, 0.717) is 18.5 Å². The zero-order valence-corrected chi connectivity index (χ0v) is 11.7. The number of nitrogens with one attached hydrogen (secondary N) is 1. The highest BCUT2D eigenvalue weighted by molar-refractivity contribution is 6.12. The third-order valence-electron chi connectivity index (χ3n) is 3.90. The third kappa shape index (κ3) is 2.76. The number of ether oxygens (including phenoxy) is 1. The normalized spacial score (nSPS) is 17.5. The van der Waals surface area contributed by atoms with Crippen molar-refractivity contribution in [3.63, 3.8) is 0 Å². The van der Waals surface area contributed by atoms with Crippen LogP contribution in [0.5, 0.6) is 5.75 Å². The summed E-state index contributed by atoms with van der Waals surface area (Å²) in [6, 6.07) is 4.03. The molecule has 0 atom stereocenters. The molecule has 0 heterocycles. The van der Waals surface area contributed by atoms with E-state index < -0.39 is 11.2 Å². The summed E-state index contributed by atoms with van der Waals surface area (Å²) in [4.78, 5) is 12.5. The molecule has 0 aromatic heterocycles. The second-order valence-electron chi connectivity index (χ2n) is 5.08. The second kappa shape index (κ2) is 5.99. The molecule has 1 amide bonds. The Bertz CT molecular complexity index is 569. The number of nitrogens with zero attached hydrogens (tertiary/aromatic N) is 1. The van der Waals surface area contributed by atoms with Gasteiger partial charge in [-0.2, -0.15) is 0 Å². The van der Waals surface area contributed by atoms with Crippen LogP contribution in [0.2, 0.25) is 0 Å². The summed E-state index contributed by atoms with van der Waals surface area (Å²) in [5.74, 6) is -0.921. The van der Waals surface area contributed by atoms with Gasteiger partial charge in [0.2, 0.25) is 5.91 Å². The van der Waals surface area contributed by atoms with Gasteiger partial charge in [0.1, 0.15) is 5.41 Å². The smallest absolute Gasteiger partial charge is 0.238 e. The Morgan fingerprint density at radius 3 is 2.71 bits per heavy atom. The van der Waals surface area contributed by atoms with Gasteiger partial charge < -0.3 is 21.0 Å². The molecular formula is C14H18FN3O3. The van der Waals surface area contributed by atoms with Gasteiger partial charge in [0.05, 0.1) is 7.11 Å². The molecule has 2 rings (SSSR count). The number of carbonyl (C=O) groups is 1. The number of halogens is 1. The number of hydrogen-bond donors (Lipinski definition) is 3. The number of carbonyl (C=O) groups excluding carboxylic acids is 1. The first-order valence-corrected chi connectivity index (χ1v) is 6.66. The van der Waals surface area contributed by atoms with Crippen molar-refractivity contribution < 1.29 is 19.1 Å². The Kier molecular flexibility index (Phi) is 4.30. The molecule has 7 heteroatoms.